The van der Waals surface area contributed by atoms with Crippen molar-refractivity contribution in [3.05, 3.63) is 24.0 Å². The van der Waals surface area contributed by atoms with Crippen molar-refractivity contribution in [3.8, 4) is 0 Å². The van der Waals surface area contributed by atoms with Crippen LogP contribution in [0.4, 0.5) is 5.82 Å². The Hall–Kier alpha value is -2.15. The fourth-order valence-electron chi connectivity index (χ4n) is 3.11. The van der Waals surface area contributed by atoms with Crippen LogP contribution in [0.1, 0.15) is 16.8 Å². The minimum atomic E-state index is -1.01. The van der Waals surface area contributed by atoms with E-state index in [0.717, 1.165) is 25.4 Å². The second-order valence-electron chi connectivity index (χ2n) is 5.36. The molecule has 2 fully saturated rings. The molecule has 0 amide bonds. The lowest BCUT2D eigenvalue weighted by molar-refractivity contribution is 0.0697. The van der Waals surface area contributed by atoms with Crippen molar-refractivity contribution < 1.29 is 14.6 Å². The van der Waals surface area contributed by atoms with Crippen LogP contribution in [0.2, 0.25) is 0 Å². The van der Waals surface area contributed by atoms with Crippen LogP contribution in [0.15, 0.2) is 18.5 Å². The number of carboxylic acid groups (broad SMARTS) is 1. The van der Waals surface area contributed by atoms with Crippen molar-refractivity contribution in [2.24, 2.45) is 5.92 Å². The van der Waals surface area contributed by atoms with Crippen LogP contribution in [0, 0.1) is 5.92 Å². The molecule has 0 radical (unpaired) electrons. The summed E-state index contributed by atoms with van der Waals surface area (Å²) in [5.41, 5.74) is 0.516. The van der Waals surface area contributed by atoms with Gasteiger partial charge in [-0.2, -0.15) is 5.10 Å². The summed E-state index contributed by atoms with van der Waals surface area (Å²) in [7, 11) is 0. The highest BCUT2D eigenvalue weighted by Gasteiger charge is 2.36. The van der Waals surface area contributed by atoms with E-state index in [1.807, 2.05) is 6.07 Å². The third kappa shape index (κ3) is 1.66. The van der Waals surface area contributed by atoms with Crippen LogP contribution in [-0.4, -0.2) is 51.5 Å². The van der Waals surface area contributed by atoms with E-state index >= 15 is 0 Å². The zero-order valence-electron chi connectivity index (χ0n) is 10.8. The highest BCUT2D eigenvalue weighted by Crippen LogP contribution is 2.31. The third-order valence-corrected chi connectivity index (χ3v) is 4.04. The molecule has 4 heterocycles. The number of ether oxygens (including phenoxy) is 1. The maximum absolute atomic E-state index is 11.2. The van der Waals surface area contributed by atoms with Gasteiger partial charge in [-0.15, -0.1) is 0 Å². The predicted octanol–water partition coefficient (Wildman–Crippen LogP) is 0.653. The molecule has 7 heteroatoms. The number of aromatic nitrogens is 3. The largest absolute Gasteiger partial charge is 0.477 e. The van der Waals surface area contributed by atoms with Gasteiger partial charge in [0.25, 0.3) is 0 Å². The standard InChI is InChI=1S/C13H14N4O3/c18-13(19)10-4-14-17-2-1-11(15-12(10)17)16-5-8-3-9(16)7-20-6-8/h1-2,4,8-9H,3,5-7H2,(H,18,19)/t8-,9?/m0/s1. The van der Waals surface area contributed by atoms with Crippen molar-refractivity contribution >= 4 is 17.4 Å². The second kappa shape index (κ2) is 4.17. The molecule has 0 saturated carbocycles. The third-order valence-electron chi connectivity index (χ3n) is 4.04. The number of nitrogens with zero attached hydrogens (tertiary/aromatic N) is 4. The summed E-state index contributed by atoms with van der Waals surface area (Å²) in [5.74, 6) is 0.349. The van der Waals surface area contributed by atoms with Crippen molar-refractivity contribution in [3.63, 3.8) is 0 Å². The number of rotatable bonds is 2. The summed E-state index contributed by atoms with van der Waals surface area (Å²) in [6, 6.07) is 2.23. The normalized spacial score (nSPS) is 25.3. The minimum Gasteiger partial charge on any atom is -0.477 e. The lowest BCUT2D eigenvalue weighted by Crippen LogP contribution is -2.33. The number of carbonyl (C=O) groups is 1. The fraction of sp³-hybridized carbons (Fsp3) is 0.462. The lowest BCUT2D eigenvalue weighted by Gasteiger charge is -2.25. The maximum Gasteiger partial charge on any atom is 0.341 e. The van der Waals surface area contributed by atoms with E-state index in [-0.39, 0.29) is 5.56 Å². The van der Waals surface area contributed by atoms with E-state index in [0.29, 0.717) is 24.2 Å². The number of fused-ring (bicyclic) bond motifs is 3. The minimum absolute atomic E-state index is 0.130. The number of anilines is 1. The van der Waals surface area contributed by atoms with Gasteiger partial charge in [-0.25, -0.2) is 14.3 Å². The Kier molecular flexibility index (Phi) is 2.43. The quantitative estimate of drug-likeness (QED) is 0.866. The van der Waals surface area contributed by atoms with Crippen molar-refractivity contribution in [1.29, 1.82) is 0 Å². The van der Waals surface area contributed by atoms with Gasteiger partial charge in [0.1, 0.15) is 11.4 Å². The van der Waals surface area contributed by atoms with E-state index in [1.165, 1.54) is 10.7 Å². The van der Waals surface area contributed by atoms with Gasteiger partial charge >= 0.3 is 5.97 Å². The molecule has 2 saturated heterocycles. The average molecular weight is 274 g/mol. The molecule has 0 aromatic carbocycles. The van der Waals surface area contributed by atoms with Crippen LogP contribution in [0.25, 0.3) is 5.65 Å². The Morgan fingerprint density at radius 3 is 3.15 bits per heavy atom. The van der Waals surface area contributed by atoms with Crippen molar-refractivity contribution in [2.75, 3.05) is 24.7 Å². The molecule has 0 aliphatic carbocycles. The van der Waals surface area contributed by atoms with Gasteiger partial charge in [0, 0.05) is 18.7 Å². The molecule has 2 aliphatic heterocycles. The van der Waals surface area contributed by atoms with Gasteiger partial charge in [-0.3, -0.25) is 0 Å². The predicted molar refractivity (Wildman–Crippen MR) is 70.0 cm³/mol. The Morgan fingerprint density at radius 2 is 2.35 bits per heavy atom. The SMILES string of the molecule is O=C(O)c1cnn2ccc(N3C[C@H]4COCC3C4)nc12. The summed E-state index contributed by atoms with van der Waals surface area (Å²) < 4.78 is 7.05. The highest BCUT2D eigenvalue weighted by molar-refractivity contribution is 5.94. The topological polar surface area (TPSA) is 80.0 Å². The summed E-state index contributed by atoms with van der Waals surface area (Å²) in [5, 5.41) is 13.2. The van der Waals surface area contributed by atoms with Gasteiger partial charge in [0.15, 0.2) is 5.65 Å². The van der Waals surface area contributed by atoms with Crippen LogP contribution in [-0.2, 0) is 4.74 Å². The first-order chi connectivity index (χ1) is 9.72. The molecule has 1 unspecified atom stereocenters. The number of hydrogen-bond donors (Lipinski definition) is 1. The van der Waals surface area contributed by atoms with Crippen LogP contribution >= 0.6 is 0 Å². The van der Waals surface area contributed by atoms with E-state index in [9.17, 15) is 4.79 Å². The van der Waals surface area contributed by atoms with Gasteiger partial charge in [0.05, 0.1) is 25.5 Å². The van der Waals surface area contributed by atoms with E-state index < -0.39 is 5.97 Å². The van der Waals surface area contributed by atoms with Gasteiger partial charge in [-0.1, -0.05) is 0 Å². The highest BCUT2D eigenvalue weighted by atomic mass is 16.5. The number of hydrogen-bond acceptors (Lipinski definition) is 5. The number of carboxylic acids is 1. The smallest absolute Gasteiger partial charge is 0.341 e. The molecule has 2 aliphatic rings. The Labute approximate surface area is 114 Å². The second-order valence-corrected chi connectivity index (χ2v) is 5.36. The zero-order valence-corrected chi connectivity index (χ0v) is 10.8. The van der Waals surface area contributed by atoms with Gasteiger partial charge < -0.3 is 14.7 Å². The Balaban J connectivity index is 1.77. The molecule has 20 heavy (non-hydrogen) atoms. The zero-order chi connectivity index (χ0) is 13.7. The maximum atomic E-state index is 11.2. The van der Waals surface area contributed by atoms with E-state index in [2.05, 4.69) is 15.0 Å². The van der Waals surface area contributed by atoms with Gasteiger partial charge in [0.2, 0.25) is 0 Å². The van der Waals surface area contributed by atoms with Crippen LogP contribution in [0.5, 0.6) is 0 Å². The molecular weight excluding hydrogens is 260 g/mol. The molecule has 2 aromatic rings. The van der Waals surface area contributed by atoms with Crippen LogP contribution < -0.4 is 4.90 Å². The molecule has 2 aromatic heterocycles. The Morgan fingerprint density at radius 1 is 1.45 bits per heavy atom. The summed E-state index contributed by atoms with van der Waals surface area (Å²) in [4.78, 5) is 17.9. The van der Waals surface area contributed by atoms with Crippen LogP contribution in [0.3, 0.4) is 0 Å². The molecule has 1 N–H and O–H groups in total. The summed E-state index contributed by atoms with van der Waals surface area (Å²) in [6.07, 6.45) is 4.21. The van der Waals surface area contributed by atoms with Crippen molar-refractivity contribution in [2.45, 2.75) is 12.5 Å². The average Bonchev–Trinajstić information content (AvgIpc) is 2.99. The van der Waals surface area contributed by atoms with E-state index in [4.69, 9.17) is 9.84 Å². The van der Waals surface area contributed by atoms with Gasteiger partial charge in [-0.05, 0) is 12.5 Å². The first kappa shape index (κ1) is 11.7. The fourth-order valence-corrected chi connectivity index (χ4v) is 3.11. The Bertz CT molecular complexity index is 683. The molecule has 2 bridgehead atoms. The molecule has 7 nitrogen and oxygen atoms in total. The first-order valence-electron chi connectivity index (χ1n) is 6.64. The molecule has 2 atom stereocenters. The molecular formula is C13H14N4O3. The first-order valence-corrected chi connectivity index (χ1v) is 6.64. The van der Waals surface area contributed by atoms with E-state index in [1.54, 1.807) is 6.20 Å². The monoisotopic (exact) mass is 274 g/mol. The summed E-state index contributed by atoms with van der Waals surface area (Å²) in [6.45, 7) is 2.45. The number of aromatic carboxylic acids is 1. The molecule has 104 valence electrons. The lowest BCUT2D eigenvalue weighted by atomic mass is 10.1. The summed E-state index contributed by atoms with van der Waals surface area (Å²) >= 11 is 0. The molecule has 4 rings (SSSR count). The molecule has 0 spiro atoms. The van der Waals surface area contributed by atoms with Crippen molar-refractivity contribution in [1.82, 2.24) is 14.6 Å².